The molecule has 31 heavy (non-hydrogen) atoms. The van der Waals surface area contributed by atoms with Gasteiger partial charge in [-0.15, -0.1) is 0 Å². The first-order valence-corrected chi connectivity index (χ1v) is 13.6. The Morgan fingerprint density at radius 1 is 0.839 bits per heavy atom. The standard InChI is InChI=1S/C22H28N2O5S2/c1-2-16-29-19-6-8-20(9-7-19)31(27,28)24-15-12-18-17-21(10-11-22(18)24)30(25,26)23-13-4-3-5-14-23/h6-11,17H,2-5,12-16H2,1H3. The van der Waals surface area contributed by atoms with Crippen molar-refractivity contribution in [3.63, 3.8) is 0 Å². The highest BCUT2D eigenvalue weighted by atomic mass is 32.2. The molecule has 0 radical (unpaired) electrons. The van der Waals surface area contributed by atoms with Crippen LogP contribution in [0.1, 0.15) is 38.2 Å². The number of benzene rings is 2. The number of rotatable bonds is 7. The largest absolute Gasteiger partial charge is 0.494 e. The van der Waals surface area contributed by atoms with Gasteiger partial charge >= 0.3 is 0 Å². The molecular formula is C22H28N2O5S2. The molecule has 7 nitrogen and oxygen atoms in total. The summed E-state index contributed by atoms with van der Waals surface area (Å²) in [5.74, 6) is 0.634. The summed E-state index contributed by atoms with van der Waals surface area (Å²) in [6.45, 7) is 3.95. The maximum atomic E-state index is 13.2. The third-order valence-electron chi connectivity index (χ3n) is 5.74. The SMILES string of the molecule is CCCOc1ccc(S(=O)(=O)N2CCc3cc(S(=O)(=O)N4CCCCC4)ccc32)cc1. The summed E-state index contributed by atoms with van der Waals surface area (Å²) in [6, 6.07) is 11.2. The van der Waals surface area contributed by atoms with Crippen LogP contribution in [0.15, 0.2) is 52.3 Å². The van der Waals surface area contributed by atoms with Crippen molar-refractivity contribution in [1.29, 1.82) is 0 Å². The van der Waals surface area contributed by atoms with Gasteiger partial charge in [0.05, 0.1) is 22.1 Å². The minimum Gasteiger partial charge on any atom is -0.494 e. The third-order valence-corrected chi connectivity index (χ3v) is 9.46. The zero-order valence-electron chi connectivity index (χ0n) is 17.7. The fourth-order valence-corrected chi connectivity index (χ4v) is 7.14. The van der Waals surface area contributed by atoms with Gasteiger partial charge in [-0.25, -0.2) is 16.8 Å². The van der Waals surface area contributed by atoms with E-state index in [-0.39, 0.29) is 9.79 Å². The Morgan fingerprint density at radius 3 is 2.19 bits per heavy atom. The number of piperidine rings is 1. The summed E-state index contributed by atoms with van der Waals surface area (Å²) in [5, 5.41) is 0. The molecule has 2 aliphatic heterocycles. The zero-order valence-corrected chi connectivity index (χ0v) is 19.3. The van der Waals surface area contributed by atoms with E-state index in [2.05, 4.69) is 0 Å². The number of fused-ring (bicyclic) bond motifs is 1. The van der Waals surface area contributed by atoms with Gasteiger partial charge in [-0.3, -0.25) is 4.31 Å². The summed E-state index contributed by atoms with van der Waals surface area (Å²) in [5.41, 5.74) is 1.29. The average molecular weight is 465 g/mol. The molecule has 0 saturated carbocycles. The molecule has 2 aromatic rings. The number of sulfonamides is 2. The van der Waals surface area contributed by atoms with Gasteiger partial charge in [0.25, 0.3) is 10.0 Å². The molecule has 1 fully saturated rings. The predicted molar refractivity (Wildman–Crippen MR) is 120 cm³/mol. The van der Waals surface area contributed by atoms with Crippen molar-refractivity contribution < 1.29 is 21.6 Å². The number of hydrogen-bond donors (Lipinski definition) is 0. The highest BCUT2D eigenvalue weighted by molar-refractivity contribution is 7.92. The van der Waals surface area contributed by atoms with Crippen molar-refractivity contribution in [2.45, 2.75) is 48.8 Å². The number of anilines is 1. The van der Waals surface area contributed by atoms with Gasteiger partial charge < -0.3 is 4.74 Å². The lowest BCUT2D eigenvalue weighted by molar-refractivity contribution is 0.317. The molecule has 1 saturated heterocycles. The predicted octanol–water partition coefficient (Wildman–Crippen LogP) is 3.40. The van der Waals surface area contributed by atoms with Crippen LogP contribution in [0, 0.1) is 0 Å². The van der Waals surface area contributed by atoms with Crippen molar-refractivity contribution in [3.8, 4) is 5.75 Å². The molecule has 2 heterocycles. The van der Waals surface area contributed by atoms with Crippen molar-refractivity contribution in [1.82, 2.24) is 4.31 Å². The first-order chi connectivity index (χ1) is 14.8. The fourth-order valence-electron chi connectivity index (χ4n) is 4.07. The summed E-state index contributed by atoms with van der Waals surface area (Å²) >= 11 is 0. The average Bonchev–Trinajstić information content (AvgIpc) is 3.23. The molecule has 0 unspecified atom stereocenters. The molecule has 0 spiro atoms. The van der Waals surface area contributed by atoms with Gasteiger partial charge in [-0.2, -0.15) is 4.31 Å². The molecule has 168 valence electrons. The van der Waals surface area contributed by atoms with E-state index < -0.39 is 20.0 Å². The highest BCUT2D eigenvalue weighted by Gasteiger charge is 2.33. The highest BCUT2D eigenvalue weighted by Crippen LogP contribution is 2.35. The second-order valence-electron chi connectivity index (χ2n) is 7.90. The summed E-state index contributed by atoms with van der Waals surface area (Å²) in [4.78, 5) is 0.430. The molecule has 0 N–H and O–H groups in total. The summed E-state index contributed by atoms with van der Waals surface area (Å²) < 4.78 is 60.8. The lowest BCUT2D eigenvalue weighted by Crippen LogP contribution is -2.35. The second-order valence-corrected chi connectivity index (χ2v) is 11.7. The minimum atomic E-state index is -3.74. The smallest absolute Gasteiger partial charge is 0.264 e. The van der Waals surface area contributed by atoms with E-state index in [1.807, 2.05) is 6.92 Å². The Morgan fingerprint density at radius 2 is 1.52 bits per heavy atom. The second kappa shape index (κ2) is 8.80. The van der Waals surface area contributed by atoms with Crippen LogP contribution in [0.5, 0.6) is 5.75 Å². The van der Waals surface area contributed by atoms with Crippen LogP contribution < -0.4 is 9.04 Å². The van der Waals surface area contributed by atoms with Crippen LogP contribution in [-0.4, -0.2) is 47.4 Å². The van der Waals surface area contributed by atoms with Gasteiger partial charge in [-0.05, 0) is 73.7 Å². The Kier molecular flexibility index (Phi) is 6.27. The van der Waals surface area contributed by atoms with E-state index in [1.54, 1.807) is 36.4 Å². The van der Waals surface area contributed by atoms with Crippen LogP contribution in [0.2, 0.25) is 0 Å². The van der Waals surface area contributed by atoms with Gasteiger partial charge in [0, 0.05) is 19.6 Å². The molecular weight excluding hydrogens is 436 g/mol. The summed E-state index contributed by atoms with van der Waals surface area (Å²) in [6.07, 6.45) is 4.15. The van der Waals surface area contributed by atoms with Gasteiger partial charge in [0.2, 0.25) is 10.0 Å². The zero-order chi connectivity index (χ0) is 22.1. The van der Waals surface area contributed by atoms with Crippen molar-refractivity contribution in [2.75, 3.05) is 30.5 Å². The molecule has 4 rings (SSSR count). The van der Waals surface area contributed by atoms with Crippen LogP contribution >= 0.6 is 0 Å². The van der Waals surface area contributed by atoms with Crippen molar-refractivity contribution in [2.24, 2.45) is 0 Å². The van der Waals surface area contributed by atoms with Crippen LogP contribution in [0.25, 0.3) is 0 Å². The van der Waals surface area contributed by atoms with Crippen LogP contribution in [0.3, 0.4) is 0 Å². The van der Waals surface area contributed by atoms with Gasteiger partial charge in [-0.1, -0.05) is 13.3 Å². The molecule has 0 aliphatic carbocycles. The Bertz CT molecular complexity index is 1140. The van der Waals surface area contributed by atoms with E-state index >= 15 is 0 Å². The first-order valence-electron chi connectivity index (χ1n) is 10.7. The maximum Gasteiger partial charge on any atom is 0.264 e. The molecule has 0 amide bonds. The van der Waals surface area contributed by atoms with E-state index in [0.717, 1.165) is 31.2 Å². The fraction of sp³-hybridized carbons (Fsp3) is 0.455. The molecule has 0 aromatic heterocycles. The van der Waals surface area contributed by atoms with Gasteiger partial charge in [0.1, 0.15) is 5.75 Å². The number of ether oxygens (including phenoxy) is 1. The Balaban J connectivity index is 1.58. The lowest BCUT2D eigenvalue weighted by Gasteiger charge is -2.26. The van der Waals surface area contributed by atoms with Gasteiger partial charge in [0.15, 0.2) is 0 Å². The topological polar surface area (TPSA) is 84.0 Å². The van der Waals surface area contributed by atoms with E-state index in [9.17, 15) is 16.8 Å². The van der Waals surface area contributed by atoms with Crippen molar-refractivity contribution >= 4 is 25.7 Å². The molecule has 0 atom stereocenters. The Labute approximate surface area is 184 Å². The van der Waals surface area contributed by atoms with Crippen LogP contribution in [0.4, 0.5) is 5.69 Å². The quantitative estimate of drug-likeness (QED) is 0.627. The van der Waals surface area contributed by atoms with Crippen molar-refractivity contribution in [3.05, 3.63) is 48.0 Å². The number of nitrogens with zero attached hydrogens (tertiary/aromatic N) is 2. The van der Waals surface area contributed by atoms with E-state index in [1.165, 1.54) is 14.7 Å². The summed E-state index contributed by atoms with van der Waals surface area (Å²) in [7, 11) is -7.29. The normalized spacial score (nSPS) is 17.5. The molecule has 2 aliphatic rings. The van der Waals surface area contributed by atoms with Crippen LogP contribution in [-0.2, 0) is 26.5 Å². The van der Waals surface area contributed by atoms with E-state index in [0.29, 0.717) is 44.1 Å². The molecule has 9 heteroatoms. The Hall–Kier alpha value is -2.10. The monoisotopic (exact) mass is 464 g/mol. The molecule has 2 aromatic carbocycles. The minimum absolute atomic E-state index is 0.189. The number of hydrogen-bond acceptors (Lipinski definition) is 5. The first kappa shape index (κ1) is 22.1. The molecule has 0 bridgehead atoms. The van der Waals surface area contributed by atoms with E-state index in [4.69, 9.17) is 4.74 Å². The third kappa shape index (κ3) is 4.31. The maximum absolute atomic E-state index is 13.2. The lowest BCUT2D eigenvalue weighted by atomic mass is 10.2.